The number of carbonyl (C=O) groups is 1. The Morgan fingerprint density at radius 3 is 2.61 bits per heavy atom. The first-order chi connectivity index (χ1) is 16.1. The Balaban J connectivity index is 1.35. The fourth-order valence-electron chi connectivity index (χ4n) is 3.76. The van der Waals surface area contributed by atoms with Gasteiger partial charge in [0.15, 0.2) is 0 Å². The number of fused-ring (bicyclic) bond motifs is 1. The lowest BCUT2D eigenvalue weighted by Crippen LogP contribution is -2.23. The predicted molar refractivity (Wildman–Crippen MR) is 131 cm³/mol. The molecule has 4 nitrogen and oxygen atoms in total. The van der Waals surface area contributed by atoms with Gasteiger partial charge in [0.2, 0.25) is 0 Å². The second kappa shape index (κ2) is 8.92. The molecular weight excluding hydrogens is 433 g/mol. The maximum absolute atomic E-state index is 13.8. The molecule has 0 aliphatic heterocycles. The minimum Gasteiger partial charge on any atom is -0.348 e. The summed E-state index contributed by atoms with van der Waals surface area (Å²) in [5.74, 6) is -0.657. The van der Waals surface area contributed by atoms with Gasteiger partial charge in [-0.2, -0.15) is 0 Å². The van der Waals surface area contributed by atoms with Crippen molar-refractivity contribution in [2.45, 2.75) is 13.5 Å². The summed E-state index contributed by atoms with van der Waals surface area (Å²) >= 11 is 1.59. The fourth-order valence-corrected chi connectivity index (χ4v) is 4.58. The van der Waals surface area contributed by atoms with Gasteiger partial charge in [0, 0.05) is 34.1 Å². The molecule has 0 spiro atoms. The molecule has 5 rings (SSSR count). The minimum absolute atomic E-state index is 0.262. The molecule has 3 aromatic carbocycles. The van der Waals surface area contributed by atoms with Crippen LogP contribution in [0.1, 0.15) is 21.6 Å². The second-order valence-electron chi connectivity index (χ2n) is 7.76. The largest absolute Gasteiger partial charge is 0.348 e. The number of hydrogen-bond donors (Lipinski definition) is 1. The van der Waals surface area contributed by atoms with Crippen LogP contribution in [-0.2, 0) is 6.54 Å². The normalized spacial score (nSPS) is 11.0. The van der Waals surface area contributed by atoms with E-state index >= 15 is 0 Å². The Morgan fingerprint density at radius 1 is 0.939 bits per heavy atom. The predicted octanol–water partition coefficient (Wildman–Crippen LogP) is 6.40. The van der Waals surface area contributed by atoms with Crippen LogP contribution in [-0.4, -0.2) is 15.9 Å². The van der Waals surface area contributed by atoms with Crippen molar-refractivity contribution in [2.24, 2.45) is 0 Å². The van der Waals surface area contributed by atoms with Crippen LogP contribution < -0.4 is 5.32 Å². The molecule has 0 atom stereocenters. The van der Waals surface area contributed by atoms with Gasteiger partial charge in [-0.25, -0.2) is 9.37 Å². The van der Waals surface area contributed by atoms with Crippen LogP contribution in [0.25, 0.3) is 32.7 Å². The number of benzene rings is 3. The molecule has 0 saturated carbocycles. The standard InChI is InChI=1S/C27H20FN3OS/c1-17-12-23(22-14-21(28)10-11-24(22)30-17)26(32)29-15-18-6-5-9-20(13-18)27-31-25(16-33-27)19-7-3-2-4-8-19/h2-14,16H,15H2,1H3,(H,29,32). The zero-order valence-corrected chi connectivity index (χ0v) is 18.7. The monoisotopic (exact) mass is 453 g/mol. The maximum Gasteiger partial charge on any atom is 0.252 e. The number of aromatic nitrogens is 2. The Morgan fingerprint density at radius 2 is 1.76 bits per heavy atom. The third-order valence-electron chi connectivity index (χ3n) is 5.34. The highest BCUT2D eigenvalue weighted by Gasteiger charge is 2.13. The number of thiazole rings is 1. The molecule has 33 heavy (non-hydrogen) atoms. The molecule has 0 aliphatic carbocycles. The third-order valence-corrected chi connectivity index (χ3v) is 6.24. The SMILES string of the molecule is Cc1cc(C(=O)NCc2cccc(-c3nc(-c4ccccc4)cs3)c2)c2cc(F)ccc2n1. The molecule has 2 heterocycles. The molecule has 0 unspecified atom stereocenters. The molecule has 0 bridgehead atoms. The molecule has 0 fully saturated rings. The van der Waals surface area contributed by atoms with E-state index in [2.05, 4.69) is 15.7 Å². The van der Waals surface area contributed by atoms with Gasteiger partial charge in [0.05, 0.1) is 16.8 Å². The summed E-state index contributed by atoms with van der Waals surface area (Å²) in [4.78, 5) is 22.1. The van der Waals surface area contributed by atoms with Gasteiger partial charge >= 0.3 is 0 Å². The molecular formula is C27H20FN3OS. The second-order valence-corrected chi connectivity index (χ2v) is 8.62. The van der Waals surface area contributed by atoms with Gasteiger partial charge in [-0.1, -0.05) is 48.5 Å². The summed E-state index contributed by atoms with van der Waals surface area (Å²) in [6.07, 6.45) is 0. The quantitative estimate of drug-likeness (QED) is 0.335. The lowest BCUT2D eigenvalue weighted by atomic mass is 10.1. The van der Waals surface area contributed by atoms with E-state index in [0.29, 0.717) is 28.7 Å². The highest BCUT2D eigenvalue weighted by Crippen LogP contribution is 2.29. The maximum atomic E-state index is 13.8. The summed E-state index contributed by atoms with van der Waals surface area (Å²) in [7, 11) is 0. The van der Waals surface area contributed by atoms with Gasteiger partial charge < -0.3 is 5.32 Å². The Bertz CT molecular complexity index is 1460. The van der Waals surface area contributed by atoms with E-state index < -0.39 is 5.82 Å². The number of rotatable bonds is 5. The van der Waals surface area contributed by atoms with Crippen molar-refractivity contribution in [2.75, 3.05) is 0 Å². The summed E-state index contributed by atoms with van der Waals surface area (Å²) in [5.41, 5.74) is 5.71. The summed E-state index contributed by atoms with van der Waals surface area (Å²) < 4.78 is 13.8. The van der Waals surface area contributed by atoms with E-state index in [1.807, 2.05) is 61.5 Å². The van der Waals surface area contributed by atoms with Crippen molar-refractivity contribution < 1.29 is 9.18 Å². The van der Waals surface area contributed by atoms with Crippen LogP contribution in [0.2, 0.25) is 0 Å². The van der Waals surface area contributed by atoms with Gasteiger partial charge in [0.1, 0.15) is 10.8 Å². The Labute approximate surface area is 194 Å². The summed E-state index contributed by atoms with van der Waals surface area (Å²) in [5, 5.41) is 6.44. The van der Waals surface area contributed by atoms with Crippen LogP contribution in [0.5, 0.6) is 0 Å². The highest BCUT2D eigenvalue weighted by atomic mass is 32.1. The van der Waals surface area contributed by atoms with Crippen LogP contribution >= 0.6 is 11.3 Å². The Kier molecular flexibility index (Phi) is 5.67. The van der Waals surface area contributed by atoms with Crippen molar-refractivity contribution in [3.63, 3.8) is 0 Å². The van der Waals surface area contributed by atoms with Crippen molar-refractivity contribution in [3.05, 3.63) is 107 Å². The zero-order chi connectivity index (χ0) is 22.8. The van der Waals surface area contributed by atoms with Crippen molar-refractivity contribution in [3.8, 4) is 21.8 Å². The molecule has 1 N–H and O–H groups in total. The van der Waals surface area contributed by atoms with Crippen LogP contribution in [0.4, 0.5) is 4.39 Å². The Hall–Kier alpha value is -3.90. The molecule has 2 aromatic heterocycles. The van der Waals surface area contributed by atoms with E-state index in [4.69, 9.17) is 4.98 Å². The first kappa shape index (κ1) is 21.0. The van der Waals surface area contributed by atoms with Crippen molar-refractivity contribution >= 4 is 28.1 Å². The van der Waals surface area contributed by atoms with Crippen LogP contribution in [0.3, 0.4) is 0 Å². The molecule has 1 amide bonds. The minimum atomic E-state index is -0.395. The highest BCUT2D eigenvalue weighted by molar-refractivity contribution is 7.13. The van der Waals surface area contributed by atoms with E-state index in [1.54, 1.807) is 23.5 Å². The van der Waals surface area contributed by atoms with Gasteiger partial charge in [-0.05, 0) is 42.8 Å². The smallest absolute Gasteiger partial charge is 0.252 e. The molecule has 0 saturated heterocycles. The number of nitrogens with zero attached hydrogens (tertiary/aromatic N) is 2. The van der Waals surface area contributed by atoms with Gasteiger partial charge in [-0.3, -0.25) is 9.78 Å². The molecule has 0 aliphatic rings. The number of carbonyl (C=O) groups excluding carboxylic acids is 1. The fraction of sp³-hybridized carbons (Fsp3) is 0.0741. The molecule has 162 valence electrons. The molecule has 6 heteroatoms. The van der Waals surface area contributed by atoms with Gasteiger partial charge in [-0.15, -0.1) is 11.3 Å². The van der Waals surface area contributed by atoms with E-state index in [0.717, 1.165) is 27.4 Å². The lowest BCUT2D eigenvalue weighted by Gasteiger charge is -2.10. The number of aryl methyl sites for hydroxylation is 1. The van der Waals surface area contributed by atoms with E-state index in [-0.39, 0.29) is 5.91 Å². The van der Waals surface area contributed by atoms with E-state index in [1.165, 1.54) is 12.1 Å². The number of hydrogen-bond acceptors (Lipinski definition) is 4. The summed E-state index contributed by atoms with van der Waals surface area (Å²) in [6.45, 7) is 2.17. The first-order valence-electron chi connectivity index (χ1n) is 10.5. The topological polar surface area (TPSA) is 54.9 Å². The van der Waals surface area contributed by atoms with Crippen molar-refractivity contribution in [1.29, 1.82) is 0 Å². The molecule has 5 aromatic rings. The number of amides is 1. The molecule has 0 radical (unpaired) electrons. The number of halogens is 1. The summed E-state index contributed by atoms with van der Waals surface area (Å²) in [6, 6.07) is 24.0. The van der Waals surface area contributed by atoms with E-state index in [9.17, 15) is 9.18 Å². The van der Waals surface area contributed by atoms with Crippen LogP contribution in [0.15, 0.2) is 84.2 Å². The van der Waals surface area contributed by atoms with Crippen LogP contribution in [0, 0.1) is 12.7 Å². The zero-order valence-electron chi connectivity index (χ0n) is 17.9. The average Bonchev–Trinajstić information content (AvgIpc) is 3.34. The third kappa shape index (κ3) is 4.52. The van der Waals surface area contributed by atoms with Crippen molar-refractivity contribution in [1.82, 2.24) is 15.3 Å². The number of pyridine rings is 1. The number of nitrogens with one attached hydrogen (secondary N) is 1. The average molecular weight is 454 g/mol. The first-order valence-corrected chi connectivity index (χ1v) is 11.4. The lowest BCUT2D eigenvalue weighted by molar-refractivity contribution is 0.0952. The van der Waals surface area contributed by atoms with Gasteiger partial charge in [0.25, 0.3) is 5.91 Å².